The molecule has 1 heterocycles. The third-order valence-electron chi connectivity index (χ3n) is 2.87. The van der Waals surface area contributed by atoms with Crippen LogP contribution in [-0.4, -0.2) is 12.0 Å². The highest BCUT2D eigenvalue weighted by atomic mass is 32.1. The molecular formula is C13H15FN2S. The van der Waals surface area contributed by atoms with Gasteiger partial charge in [-0.05, 0) is 43.7 Å². The minimum absolute atomic E-state index is 0.176. The number of halogens is 1. The van der Waals surface area contributed by atoms with Crippen LogP contribution in [0.15, 0.2) is 29.9 Å². The van der Waals surface area contributed by atoms with Gasteiger partial charge in [-0.1, -0.05) is 6.07 Å². The Morgan fingerprint density at radius 1 is 1.47 bits per heavy atom. The molecule has 0 radical (unpaired) electrons. The highest BCUT2D eigenvalue weighted by molar-refractivity contribution is 7.09. The van der Waals surface area contributed by atoms with E-state index in [1.54, 1.807) is 17.4 Å². The zero-order valence-corrected chi connectivity index (χ0v) is 10.7. The molecule has 2 nitrogen and oxygen atoms in total. The van der Waals surface area contributed by atoms with E-state index in [0.29, 0.717) is 0 Å². The van der Waals surface area contributed by atoms with E-state index in [1.807, 2.05) is 31.7 Å². The van der Waals surface area contributed by atoms with E-state index in [-0.39, 0.29) is 11.9 Å². The molecule has 2 aromatic rings. The maximum absolute atomic E-state index is 13.0. The average molecular weight is 250 g/mol. The number of nitrogens with zero attached hydrogens (tertiary/aromatic N) is 1. The minimum Gasteiger partial charge on any atom is -0.312 e. The van der Waals surface area contributed by atoms with Crippen molar-refractivity contribution in [1.82, 2.24) is 10.3 Å². The highest BCUT2D eigenvalue weighted by Gasteiger charge is 2.13. The van der Waals surface area contributed by atoms with Gasteiger partial charge in [-0.3, -0.25) is 4.98 Å². The van der Waals surface area contributed by atoms with Crippen LogP contribution in [0.25, 0.3) is 0 Å². The van der Waals surface area contributed by atoms with Gasteiger partial charge in [0.25, 0.3) is 0 Å². The molecule has 0 aliphatic rings. The van der Waals surface area contributed by atoms with Crippen LogP contribution in [0.5, 0.6) is 0 Å². The predicted octanol–water partition coefficient (Wildman–Crippen LogP) is 3.09. The molecule has 1 atom stereocenters. The molecule has 1 aromatic heterocycles. The number of rotatable bonds is 4. The van der Waals surface area contributed by atoms with Crippen molar-refractivity contribution in [3.05, 3.63) is 51.7 Å². The molecule has 4 heteroatoms. The number of likely N-dealkylation sites (N-methyl/N-ethyl adjacent to an activating group) is 1. The van der Waals surface area contributed by atoms with Gasteiger partial charge in [-0.25, -0.2) is 4.39 Å². The number of aromatic nitrogens is 1. The molecule has 0 fully saturated rings. The lowest BCUT2D eigenvalue weighted by Crippen LogP contribution is -2.18. The Hall–Kier alpha value is -1.26. The minimum atomic E-state index is -0.176. The molecule has 0 aliphatic heterocycles. The van der Waals surface area contributed by atoms with Gasteiger partial charge in [0.2, 0.25) is 0 Å². The summed E-state index contributed by atoms with van der Waals surface area (Å²) in [6.45, 7) is 1.94. The van der Waals surface area contributed by atoms with Crippen LogP contribution in [0.1, 0.15) is 22.0 Å². The van der Waals surface area contributed by atoms with Gasteiger partial charge in [-0.15, -0.1) is 11.3 Å². The maximum Gasteiger partial charge on any atom is 0.123 e. The molecular weight excluding hydrogens is 235 g/mol. The van der Waals surface area contributed by atoms with E-state index < -0.39 is 0 Å². The second-order valence-electron chi connectivity index (χ2n) is 4.02. The van der Waals surface area contributed by atoms with Gasteiger partial charge in [-0.2, -0.15) is 0 Å². The maximum atomic E-state index is 13.0. The fourth-order valence-corrected chi connectivity index (χ4v) is 2.58. The fourth-order valence-electron chi connectivity index (χ4n) is 1.85. The van der Waals surface area contributed by atoms with Crippen LogP contribution in [-0.2, 0) is 6.42 Å². The Morgan fingerprint density at radius 2 is 2.29 bits per heavy atom. The first-order chi connectivity index (χ1) is 8.20. The van der Waals surface area contributed by atoms with Crippen molar-refractivity contribution in [3.8, 4) is 0 Å². The summed E-state index contributed by atoms with van der Waals surface area (Å²) < 4.78 is 13.0. The fraction of sp³-hybridized carbons (Fsp3) is 0.308. The summed E-state index contributed by atoms with van der Waals surface area (Å²) in [6, 6.07) is 5.19. The van der Waals surface area contributed by atoms with Crippen LogP contribution in [0.4, 0.5) is 4.39 Å². The largest absolute Gasteiger partial charge is 0.312 e. The van der Waals surface area contributed by atoms with Crippen molar-refractivity contribution in [1.29, 1.82) is 0 Å². The lowest BCUT2D eigenvalue weighted by Gasteiger charge is -2.15. The predicted molar refractivity (Wildman–Crippen MR) is 68.8 cm³/mol. The first-order valence-corrected chi connectivity index (χ1v) is 6.39. The van der Waals surface area contributed by atoms with Crippen molar-refractivity contribution in [2.45, 2.75) is 19.4 Å². The van der Waals surface area contributed by atoms with E-state index in [9.17, 15) is 4.39 Å². The number of benzene rings is 1. The smallest absolute Gasteiger partial charge is 0.123 e. The zero-order chi connectivity index (χ0) is 12.3. The van der Waals surface area contributed by atoms with Gasteiger partial charge >= 0.3 is 0 Å². The van der Waals surface area contributed by atoms with Crippen molar-refractivity contribution < 1.29 is 4.39 Å². The second-order valence-corrected chi connectivity index (χ2v) is 4.94. The summed E-state index contributed by atoms with van der Waals surface area (Å²) >= 11 is 1.64. The monoisotopic (exact) mass is 250 g/mol. The van der Waals surface area contributed by atoms with Crippen molar-refractivity contribution >= 4 is 11.3 Å². The summed E-state index contributed by atoms with van der Waals surface area (Å²) in [5.74, 6) is -0.176. The number of nitrogens with one attached hydrogen (secondary N) is 1. The highest BCUT2D eigenvalue weighted by Crippen LogP contribution is 2.23. The summed E-state index contributed by atoms with van der Waals surface area (Å²) in [4.78, 5) is 5.29. The van der Waals surface area contributed by atoms with Crippen LogP contribution < -0.4 is 5.32 Å². The molecule has 0 saturated carbocycles. The molecule has 0 saturated heterocycles. The molecule has 0 amide bonds. The molecule has 1 N–H and O–H groups in total. The van der Waals surface area contributed by atoms with Gasteiger partial charge in [0, 0.05) is 17.1 Å². The van der Waals surface area contributed by atoms with E-state index in [2.05, 4.69) is 10.3 Å². The van der Waals surface area contributed by atoms with E-state index >= 15 is 0 Å². The Kier molecular flexibility index (Phi) is 3.86. The molecule has 17 heavy (non-hydrogen) atoms. The molecule has 0 spiro atoms. The third kappa shape index (κ3) is 2.90. The first kappa shape index (κ1) is 12.2. The molecule has 1 unspecified atom stereocenters. The molecule has 2 rings (SSSR count). The SMILES string of the molecule is CNC(Cc1ccc(F)cc1C)c1cncs1. The zero-order valence-electron chi connectivity index (χ0n) is 9.90. The van der Waals surface area contributed by atoms with Gasteiger partial charge in [0.05, 0.1) is 5.51 Å². The summed E-state index contributed by atoms with van der Waals surface area (Å²) in [7, 11) is 1.93. The average Bonchev–Trinajstić information content (AvgIpc) is 2.81. The van der Waals surface area contributed by atoms with E-state index in [1.165, 1.54) is 16.5 Å². The number of hydrogen-bond acceptors (Lipinski definition) is 3. The quantitative estimate of drug-likeness (QED) is 0.902. The van der Waals surface area contributed by atoms with Gasteiger partial charge in [0.15, 0.2) is 0 Å². The molecule has 0 bridgehead atoms. The summed E-state index contributed by atoms with van der Waals surface area (Å²) in [5.41, 5.74) is 3.99. The number of aryl methyl sites for hydroxylation is 1. The Labute approximate surface area is 105 Å². The van der Waals surface area contributed by atoms with Crippen LogP contribution >= 0.6 is 11.3 Å². The summed E-state index contributed by atoms with van der Waals surface area (Å²) in [5, 5.41) is 3.27. The van der Waals surface area contributed by atoms with Crippen molar-refractivity contribution in [2.75, 3.05) is 7.05 Å². The first-order valence-electron chi connectivity index (χ1n) is 5.51. The van der Waals surface area contributed by atoms with Crippen molar-refractivity contribution in [2.24, 2.45) is 0 Å². The molecule has 0 aliphatic carbocycles. The molecule has 1 aromatic carbocycles. The normalized spacial score (nSPS) is 12.6. The van der Waals surface area contributed by atoms with Crippen LogP contribution in [0.2, 0.25) is 0 Å². The van der Waals surface area contributed by atoms with E-state index in [4.69, 9.17) is 0 Å². The topological polar surface area (TPSA) is 24.9 Å². The number of hydrogen-bond donors (Lipinski definition) is 1. The number of thiazole rings is 1. The second kappa shape index (κ2) is 5.38. The van der Waals surface area contributed by atoms with Crippen LogP contribution in [0, 0.1) is 12.7 Å². The third-order valence-corrected chi connectivity index (χ3v) is 3.76. The summed E-state index contributed by atoms with van der Waals surface area (Å²) in [6.07, 6.45) is 2.73. The Balaban J connectivity index is 2.19. The standard InChI is InChI=1S/C13H15FN2S/c1-9-5-11(14)4-3-10(9)6-12(15-2)13-7-16-8-17-13/h3-5,7-8,12,15H,6H2,1-2H3. The lowest BCUT2D eigenvalue weighted by molar-refractivity contribution is 0.594. The van der Waals surface area contributed by atoms with Crippen molar-refractivity contribution in [3.63, 3.8) is 0 Å². The lowest BCUT2D eigenvalue weighted by atomic mass is 10.0. The molecule has 90 valence electrons. The van der Waals surface area contributed by atoms with Gasteiger partial charge < -0.3 is 5.32 Å². The van der Waals surface area contributed by atoms with Gasteiger partial charge in [0.1, 0.15) is 5.82 Å². The Morgan fingerprint density at radius 3 is 2.88 bits per heavy atom. The van der Waals surface area contributed by atoms with Crippen LogP contribution in [0.3, 0.4) is 0 Å². The van der Waals surface area contributed by atoms with E-state index in [0.717, 1.165) is 12.0 Å². The Bertz CT molecular complexity index is 482.